The molecule has 0 fully saturated rings. The first-order valence-electron chi connectivity index (χ1n) is 15.1. The average molecular weight is 613 g/mol. The maximum atomic E-state index is 12.8. The predicted molar refractivity (Wildman–Crippen MR) is 160 cm³/mol. The molecule has 0 aliphatic carbocycles. The number of cyclic esters (lactones) is 2. The van der Waals surface area contributed by atoms with Gasteiger partial charge in [-0.3, -0.25) is 14.4 Å². The Balaban J connectivity index is 2.51. The molecule has 1 rings (SSSR count). The van der Waals surface area contributed by atoms with Crippen LogP contribution in [-0.2, 0) is 33.4 Å². The predicted octanol–water partition coefficient (Wildman–Crippen LogP) is 3.95. The van der Waals surface area contributed by atoms with E-state index in [2.05, 4.69) is 18.2 Å². The van der Waals surface area contributed by atoms with Crippen LogP contribution in [0.1, 0.15) is 93.4 Å². The lowest BCUT2D eigenvalue weighted by Crippen LogP contribution is -2.36. The molecule has 0 radical (unpaired) electrons. The van der Waals surface area contributed by atoms with E-state index < -0.39 is 60.6 Å². The first-order valence-corrected chi connectivity index (χ1v) is 15.1. The van der Waals surface area contributed by atoms with Gasteiger partial charge in [-0.25, -0.2) is 9.59 Å². The molecule has 0 amide bonds. The maximum Gasteiger partial charge on any atom is 0.345 e. The molecule has 1 aliphatic heterocycles. The molecule has 0 bridgehead atoms. The summed E-state index contributed by atoms with van der Waals surface area (Å²) in [6, 6.07) is 0. The first kappa shape index (κ1) is 38.1. The van der Waals surface area contributed by atoms with Crippen LogP contribution in [0.25, 0.3) is 0 Å². The summed E-state index contributed by atoms with van der Waals surface area (Å²) in [5, 5.41) is 31.5. The van der Waals surface area contributed by atoms with Gasteiger partial charge in [0.25, 0.3) is 0 Å². The van der Waals surface area contributed by atoms with Crippen molar-refractivity contribution in [2.24, 2.45) is 23.7 Å². The van der Waals surface area contributed by atoms with Crippen LogP contribution in [0.4, 0.5) is 0 Å². The van der Waals surface area contributed by atoms with Gasteiger partial charge in [0, 0.05) is 30.3 Å². The Labute approximate surface area is 255 Å². The molecule has 8 atom stereocenters. The van der Waals surface area contributed by atoms with E-state index in [0.717, 1.165) is 18.4 Å². The van der Waals surface area contributed by atoms with Crippen molar-refractivity contribution in [3.8, 4) is 0 Å². The summed E-state index contributed by atoms with van der Waals surface area (Å²) < 4.78 is 9.71. The second-order valence-electron chi connectivity index (χ2n) is 12.1. The number of allylic oxidation sites excluding steroid dienone is 3. The molecule has 0 aromatic carbocycles. The Morgan fingerprint density at radius 1 is 0.907 bits per heavy atom. The molecule has 0 aromatic heterocycles. The number of ether oxygens (including phenoxy) is 2. The lowest BCUT2D eigenvalue weighted by atomic mass is 9.95. The third-order valence-corrected chi connectivity index (χ3v) is 8.30. The zero-order valence-corrected chi connectivity index (χ0v) is 26.6. The molecule has 10 nitrogen and oxygen atoms in total. The summed E-state index contributed by atoms with van der Waals surface area (Å²) >= 11 is 0. The van der Waals surface area contributed by atoms with Crippen molar-refractivity contribution in [2.45, 2.75) is 118 Å². The number of aliphatic hydroxyl groups excluding tert-OH is 3. The van der Waals surface area contributed by atoms with Crippen molar-refractivity contribution < 1.29 is 48.8 Å². The highest BCUT2D eigenvalue weighted by Gasteiger charge is 2.36. The first-order chi connectivity index (χ1) is 20.0. The number of carbonyl (C=O) groups excluding carboxylic acids is 5. The Kier molecular flexibility index (Phi) is 15.9. The zero-order valence-electron chi connectivity index (χ0n) is 26.6. The largest absolute Gasteiger partial charge is 0.462 e. The summed E-state index contributed by atoms with van der Waals surface area (Å²) in [5.41, 5.74) is 0.552. The Morgan fingerprint density at radius 3 is 2.07 bits per heavy atom. The Bertz CT molecular complexity index is 1090. The molecular formula is C33H50O10. The van der Waals surface area contributed by atoms with Crippen LogP contribution >= 0.6 is 0 Å². The van der Waals surface area contributed by atoms with Gasteiger partial charge in [-0.2, -0.15) is 0 Å². The second kappa shape index (κ2) is 18.0. The number of Topliss-reactive ketones (excluding diaryl/α,β-unsaturated/α-hetero) is 1. The fraction of sp³-hybridized carbons (Fsp3) is 0.667. The minimum Gasteiger partial charge on any atom is -0.462 e. The minimum absolute atomic E-state index is 0.0736. The normalized spacial score (nSPS) is 19.5. The molecular weight excluding hydrogens is 562 g/mol. The van der Waals surface area contributed by atoms with E-state index >= 15 is 0 Å². The highest BCUT2D eigenvalue weighted by Crippen LogP contribution is 2.25. The van der Waals surface area contributed by atoms with E-state index in [-0.39, 0.29) is 41.0 Å². The number of ketones is 2. The molecule has 3 N–H and O–H groups in total. The summed E-state index contributed by atoms with van der Waals surface area (Å²) in [4.78, 5) is 60.6. The molecule has 0 spiro atoms. The fourth-order valence-corrected chi connectivity index (χ4v) is 5.10. The van der Waals surface area contributed by atoms with Crippen LogP contribution in [-0.4, -0.2) is 69.2 Å². The molecule has 10 heteroatoms. The molecule has 0 saturated carbocycles. The van der Waals surface area contributed by atoms with Crippen LogP contribution in [0.5, 0.6) is 0 Å². The fourth-order valence-electron chi connectivity index (χ4n) is 5.10. The van der Waals surface area contributed by atoms with Crippen LogP contribution in [0.3, 0.4) is 0 Å². The quantitative estimate of drug-likeness (QED) is 0.0603. The molecule has 242 valence electrons. The van der Waals surface area contributed by atoms with Crippen LogP contribution < -0.4 is 0 Å². The van der Waals surface area contributed by atoms with Gasteiger partial charge in [0.1, 0.15) is 11.9 Å². The highest BCUT2D eigenvalue weighted by atomic mass is 16.7. The van der Waals surface area contributed by atoms with Crippen molar-refractivity contribution in [3.05, 3.63) is 35.5 Å². The lowest BCUT2D eigenvalue weighted by Gasteiger charge is -2.27. The van der Waals surface area contributed by atoms with Gasteiger partial charge in [-0.05, 0) is 63.0 Å². The minimum atomic E-state index is -1.58. The second-order valence-corrected chi connectivity index (χ2v) is 12.1. The van der Waals surface area contributed by atoms with E-state index in [1.54, 1.807) is 26.0 Å². The van der Waals surface area contributed by atoms with E-state index in [0.29, 0.717) is 19.3 Å². The van der Waals surface area contributed by atoms with Crippen molar-refractivity contribution in [3.63, 3.8) is 0 Å². The topological polar surface area (TPSA) is 164 Å². The van der Waals surface area contributed by atoms with E-state index in [1.807, 2.05) is 13.8 Å². The highest BCUT2D eigenvalue weighted by molar-refractivity contribution is 6.12. The van der Waals surface area contributed by atoms with Crippen LogP contribution in [0.15, 0.2) is 35.5 Å². The SMILES string of the molecule is C=C/C(CC)=[13CH]/C(=O)CC(C)CC(C)[13CH2]CC(O)C(C)[13C](=O)CC(O)C(C)[13CH](C)O[13C](=O)CC(O)C1=C(C)C(=O)O[13C]1=O. The van der Waals surface area contributed by atoms with E-state index in [1.165, 1.54) is 13.8 Å². The standard InChI is InChI=1S/C33H50O10/c1-9-24(10-2)15-25(34)14-19(4)13-18(3)11-12-26(35)21(6)28(37)16-27(36)20(5)23(8)42-30(39)17-29(38)31-22(7)32(40)43-33(31)41/h9,15,18-21,23,26-27,29,35-36,38H,1,10-14,16-17H2,2-8H3/b24-15-/i11+1,15+1,23+1,28+1,30+1,33+1. The molecule has 8 unspecified atom stereocenters. The van der Waals surface area contributed by atoms with Gasteiger partial charge in [-0.1, -0.05) is 47.3 Å². The smallest absolute Gasteiger partial charge is 0.345 e. The molecule has 1 heterocycles. The van der Waals surface area contributed by atoms with Gasteiger partial charge in [0.05, 0.1) is 30.3 Å². The molecule has 0 saturated heterocycles. The van der Waals surface area contributed by atoms with E-state index in [4.69, 9.17) is 4.74 Å². The molecule has 1 aliphatic rings. The van der Waals surface area contributed by atoms with Gasteiger partial charge >= 0.3 is 17.9 Å². The Hall–Kier alpha value is -2.95. The zero-order chi connectivity index (χ0) is 33.0. The molecule has 43 heavy (non-hydrogen) atoms. The van der Waals surface area contributed by atoms with Crippen LogP contribution in [0.2, 0.25) is 0 Å². The summed E-state index contributed by atoms with van der Waals surface area (Å²) in [6.45, 7) is 15.8. The third-order valence-electron chi connectivity index (χ3n) is 8.30. The van der Waals surface area contributed by atoms with Crippen molar-refractivity contribution in [2.75, 3.05) is 0 Å². The molecule has 0 aromatic rings. The van der Waals surface area contributed by atoms with E-state index in [9.17, 15) is 39.3 Å². The number of hydrogen-bond acceptors (Lipinski definition) is 10. The summed E-state index contributed by atoms with van der Waals surface area (Å²) in [7, 11) is 0. The van der Waals surface area contributed by atoms with Crippen molar-refractivity contribution in [1.29, 1.82) is 0 Å². The average Bonchev–Trinajstić information content (AvgIpc) is 3.19. The number of esters is 3. The monoisotopic (exact) mass is 612 g/mol. The maximum absolute atomic E-state index is 12.8. The number of aliphatic hydroxyl groups is 3. The lowest BCUT2D eigenvalue weighted by molar-refractivity contribution is -0.154. The summed E-state index contributed by atoms with van der Waals surface area (Å²) in [5.74, 6) is -3.91. The van der Waals surface area contributed by atoms with Crippen molar-refractivity contribution in [1.82, 2.24) is 0 Å². The van der Waals surface area contributed by atoms with Crippen LogP contribution in [0, 0.1) is 23.7 Å². The van der Waals surface area contributed by atoms with Gasteiger partial charge in [-0.15, -0.1) is 0 Å². The van der Waals surface area contributed by atoms with Crippen molar-refractivity contribution >= 4 is 29.5 Å². The van der Waals surface area contributed by atoms with Gasteiger partial charge in [0.15, 0.2) is 5.78 Å². The number of hydrogen-bond donors (Lipinski definition) is 3. The van der Waals surface area contributed by atoms with Gasteiger partial charge in [0.2, 0.25) is 0 Å². The van der Waals surface area contributed by atoms with Gasteiger partial charge < -0.3 is 24.8 Å². The number of rotatable bonds is 20. The third kappa shape index (κ3) is 12.3. The number of carbonyl (C=O) groups is 5. The summed E-state index contributed by atoms with van der Waals surface area (Å²) in [6.07, 6.45) is 1.16. The Morgan fingerprint density at radius 2 is 1.53 bits per heavy atom.